The smallest absolute Gasteiger partial charge is 0.462 e. The SMILES string of the molecule is CCCCCCCCCCCCCC(=O)OC[C@H](COP(=O)(O)OC[C@H](O)COP(=O)(O)OC[C@@H](COC(=O)CCCCCCCCCCCC(C)C)OC(=O)CCCCCCCCCCCCCCCC(C)C)OC(=O)CCCCCCCCCCCCC. The molecule has 0 rings (SSSR count). The lowest BCUT2D eigenvalue weighted by molar-refractivity contribution is -0.161. The van der Waals surface area contributed by atoms with Gasteiger partial charge < -0.3 is 33.8 Å². The lowest BCUT2D eigenvalue weighted by Crippen LogP contribution is -2.30. The largest absolute Gasteiger partial charge is 0.472 e. The molecule has 0 spiro atoms. The molecule has 3 N–H and O–H groups in total. The van der Waals surface area contributed by atoms with Gasteiger partial charge in [0.15, 0.2) is 12.2 Å². The van der Waals surface area contributed by atoms with Crippen LogP contribution >= 0.6 is 15.6 Å². The fourth-order valence-electron chi connectivity index (χ4n) is 10.8. The first-order valence-electron chi connectivity index (χ1n) is 37.0. The summed E-state index contributed by atoms with van der Waals surface area (Å²) in [5.74, 6) is -0.591. The molecule has 90 heavy (non-hydrogen) atoms. The molecule has 2 unspecified atom stereocenters. The quantitative estimate of drug-likeness (QED) is 0.0222. The van der Waals surface area contributed by atoms with E-state index in [9.17, 15) is 43.2 Å². The molecule has 19 heteroatoms. The Bertz CT molecular complexity index is 1750. The van der Waals surface area contributed by atoms with Crippen molar-refractivity contribution in [2.75, 3.05) is 39.6 Å². The van der Waals surface area contributed by atoms with Crippen molar-refractivity contribution in [2.45, 2.75) is 381 Å². The van der Waals surface area contributed by atoms with Crippen LogP contribution < -0.4 is 0 Å². The number of unbranched alkanes of at least 4 members (excludes halogenated alkanes) is 40. The van der Waals surface area contributed by atoms with Gasteiger partial charge in [0, 0.05) is 25.7 Å². The van der Waals surface area contributed by atoms with E-state index in [0.29, 0.717) is 25.7 Å². The van der Waals surface area contributed by atoms with Crippen LogP contribution in [-0.2, 0) is 65.4 Å². The van der Waals surface area contributed by atoms with Gasteiger partial charge in [0.25, 0.3) is 0 Å². The lowest BCUT2D eigenvalue weighted by atomic mass is 10.0. The molecule has 0 aromatic carbocycles. The fraction of sp³-hybridized carbons (Fsp3) is 0.944. The molecule has 0 radical (unpaired) electrons. The molecule has 0 saturated heterocycles. The van der Waals surface area contributed by atoms with E-state index in [1.54, 1.807) is 0 Å². The van der Waals surface area contributed by atoms with E-state index in [1.165, 1.54) is 180 Å². The van der Waals surface area contributed by atoms with Gasteiger partial charge in [0.2, 0.25) is 0 Å². The third kappa shape index (κ3) is 64.8. The Morgan fingerprint density at radius 2 is 0.511 bits per heavy atom. The van der Waals surface area contributed by atoms with Crippen molar-refractivity contribution in [2.24, 2.45) is 11.8 Å². The summed E-state index contributed by atoms with van der Waals surface area (Å²) in [6.45, 7) is 9.55. The van der Waals surface area contributed by atoms with Gasteiger partial charge in [-0.3, -0.25) is 37.3 Å². The maximum atomic E-state index is 13.0. The van der Waals surface area contributed by atoms with Gasteiger partial charge in [-0.25, -0.2) is 9.13 Å². The molecule has 0 saturated carbocycles. The molecule has 0 aromatic rings. The predicted octanol–water partition coefficient (Wildman–Crippen LogP) is 20.4. The van der Waals surface area contributed by atoms with E-state index in [-0.39, 0.29) is 25.7 Å². The molecule has 0 heterocycles. The molecule has 0 bridgehead atoms. The van der Waals surface area contributed by atoms with Crippen LogP contribution in [0.3, 0.4) is 0 Å². The first-order chi connectivity index (χ1) is 43.4. The minimum absolute atomic E-state index is 0.107. The van der Waals surface area contributed by atoms with Crippen LogP contribution in [0.1, 0.15) is 363 Å². The molecule has 0 aliphatic carbocycles. The van der Waals surface area contributed by atoms with E-state index >= 15 is 0 Å². The molecule has 534 valence electrons. The van der Waals surface area contributed by atoms with Crippen LogP contribution in [0.5, 0.6) is 0 Å². The highest BCUT2D eigenvalue weighted by Crippen LogP contribution is 2.45. The first kappa shape index (κ1) is 88.1. The van der Waals surface area contributed by atoms with Gasteiger partial charge in [-0.15, -0.1) is 0 Å². The van der Waals surface area contributed by atoms with E-state index in [2.05, 4.69) is 41.5 Å². The third-order valence-corrected chi connectivity index (χ3v) is 18.4. The molecule has 17 nitrogen and oxygen atoms in total. The van der Waals surface area contributed by atoms with Gasteiger partial charge in [-0.1, -0.05) is 311 Å². The number of aliphatic hydroxyl groups is 1. The number of carbonyl (C=O) groups excluding carboxylic acids is 4. The van der Waals surface area contributed by atoms with Crippen LogP contribution in [0.2, 0.25) is 0 Å². The molecule has 0 aromatic heterocycles. The summed E-state index contributed by atoms with van der Waals surface area (Å²) in [5.41, 5.74) is 0. The third-order valence-electron chi connectivity index (χ3n) is 16.5. The molecule has 5 atom stereocenters. The summed E-state index contributed by atoms with van der Waals surface area (Å²) in [6, 6.07) is 0. The van der Waals surface area contributed by atoms with E-state index in [1.807, 2.05) is 0 Å². The number of hydrogen-bond donors (Lipinski definition) is 3. The number of aliphatic hydroxyl groups excluding tert-OH is 1. The van der Waals surface area contributed by atoms with Crippen LogP contribution in [0, 0.1) is 11.8 Å². The minimum Gasteiger partial charge on any atom is -0.462 e. The summed E-state index contributed by atoms with van der Waals surface area (Å²) >= 11 is 0. The minimum atomic E-state index is -4.95. The van der Waals surface area contributed by atoms with E-state index in [0.717, 1.165) is 102 Å². The Morgan fingerprint density at radius 3 is 0.756 bits per heavy atom. The highest BCUT2D eigenvalue weighted by atomic mass is 31.2. The molecule has 0 aliphatic rings. The lowest BCUT2D eigenvalue weighted by Gasteiger charge is -2.21. The van der Waals surface area contributed by atoms with Crippen molar-refractivity contribution in [1.82, 2.24) is 0 Å². The van der Waals surface area contributed by atoms with Gasteiger partial charge in [-0.05, 0) is 37.5 Å². The Labute approximate surface area is 549 Å². The van der Waals surface area contributed by atoms with Crippen molar-refractivity contribution in [3.63, 3.8) is 0 Å². The Morgan fingerprint density at radius 1 is 0.300 bits per heavy atom. The molecule has 0 aliphatic heterocycles. The van der Waals surface area contributed by atoms with Gasteiger partial charge >= 0.3 is 39.5 Å². The van der Waals surface area contributed by atoms with Crippen molar-refractivity contribution in [3.8, 4) is 0 Å². The topological polar surface area (TPSA) is 237 Å². The number of phosphoric ester groups is 2. The Balaban J connectivity index is 5.24. The average Bonchev–Trinajstić information content (AvgIpc) is 3.67. The van der Waals surface area contributed by atoms with Gasteiger partial charge in [-0.2, -0.15) is 0 Å². The van der Waals surface area contributed by atoms with Crippen molar-refractivity contribution in [3.05, 3.63) is 0 Å². The molecular formula is C71H138O17P2. The van der Waals surface area contributed by atoms with Crippen molar-refractivity contribution in [1.29, 1.82) is 0 Å². The monoisotopic (exact) mass is 1320 g/mol. The van der Waals surface area contributed by atoms with Gasteiger partial charge in [0.1, 0.15) is 19.3 Å². The van der Waals surface area contributed by atoms with Crippen LogP contribution in [-0.4, -0.2) is 96.7 Å². The molecular weight excluding hydrogens is 1190 g/mol. The second kappa shape index (κ2) is 63.1. The molecule has 0 amide bonds. The van der Waals surface area contributed by atoms with Crippen LogP contribution in [0.4, 0.5) is 0 Å². The van der Waals surface area contributed by atoms with Crippen molar-refractivity contribution < 1.29 is 80.2 Å². The zero-order chi connectivity index (χ0) is 66.5. The normalized spacial score (nSPS) is 14.1. The highest BCUT2D eigenvalue weighted by Gasteiger charge is 2.30. The number of phosphoric acid groups is 2. The Hall–Kier alpha value is -1.94. The summed E-state index contributed by atoms with van der Waals surface area (Å²) in [4.78, 5) is 72.6. The van der Waals surface area contributed by atoms with Gasteiger partial charge in [0.05, 0.1) is 26.4 Å². The number of carbonyl (C=O) groups is 4. The number of ether oxygens (including phenoxy) is 4. The maximum absolute atomic E-state index is 13.0. The summed E-state index contributed by atoms with van der Waals surface area (Å²) in [6.07, 6.45) is 48.4. The molecule has 0 fully saturated rings. The summed E-state index contributed by atoms with van der Waals surface area (Å²) < 4.78 is 68.3. The number of hydrogen-bond acceptors (Lipinski definition) is 15. The standard InChI is InChI=1S/C71H138O17P2/c1-7-9-11-13-15-17-22-29-35-41-47-53-68(73)81-59-66(87-70(75)55-49-43-37-30-23-18-16-14-12-10-8-2)61-85-89(77,78)83-57-65(72)58-84-90(79,80)86-62-67(60-82-69(74)54-48-42-36-32-26-28-34-40-46-52-64(5)6)88-71(76)56-50-44-38-31-25-21-19-20-24-27-33-39-45-51-63(3)4/h63-67,72H,7-62H2,1-6H3,(H,77,78)(H,79,80)/t65-,66+,67+/m0/s1. The first-order valence-corrected chi connectivity index (χ1v) is 40.0. The second-order valence-corrected chi connectivity index (χ2v) is 29.5. The number of esters is 4. The number of rotatable bonds is 70. The average molecular weight is 1330 g/mol. The predicted molar refractivity (Wildman–Crippen MR) is 363 cm³/mol. The van der Waals surface area contributed by atoms with E-state index in [4.69, 9.17) is 37.0 Å². The second-order valence-electron chi connectivity index (χ2n) is 26.6. The summed E-state index contributed by atoms with van der Waals surface area (Å²) in [7, 11) is -9.90. The summed E-state index contributed by atoms with van der Waals surface area (Å²) in [5, 5.41) is 10.6. The fourth-order valence-corrected chi connectivity index (χ4v) is 12.3. The van der Waals surface area contributed by atoms with E-state index < -0.39 is 97.5 Å². The van der Waals surface area contributed by atoms with Crippen molar-refractivity contribution >= 4 is 39.5 Å². The van der Waals surface area contributed by atoms with Crippen LogP contribution in [0.15, 0.2) is 0 Å². The maximum Gasteiger partial charge on any atom is 0.472 e. The zero-order valence-corrected chi connectivity index (χ0v) is 60.2. The van der Waals surface area contributed by atoms with Crippen LogP contribution in [0.25, 0.3) is 0 Å². The Kier molecular flexibility index (Phi) is 61.8. The zero-order valence-electron chi connectivity index (χ0n) is 58.4. The highest BCUT2D eigenvalue weighted by molar-refractivity contribution is 7.47.